The highest BCUT2D eigenvalue weighted by Crippen LogP contribution is 2.14. The van der Waals surface area contributed by atoms with Gasteiger partial charge in [0.25, 0.3) is 5.91 Å². The van der Waals surface area contributed by atoms with E-state index in [2.05, 4.69) is 10.2 Å². The number of carbonyl (C=O) groups excluding carboxylic acids is 2. The van der Waals surface area contributed by atoms with E-state index in [1.807, 2.05) is 9.80 Å². The summed E-state index contributed by atoms with van der Waals surface area (Å²) in [5.74, 6) is 0.262. The zero-order chi connectivity index (χ0) is 17.6. The minimum atomic E-state index is 0. The van der Waals surface area contributed by atoms with Crippen LogP contribution in [-0.4, -0.2) is 85.4 Å². The summed E-state index contributed by atoms with van der Waals surface area (Å²) in [7, 11) is 0. The first kappa shape index (κ1) is 21.0. The zero-order valence-corrected chi connectivity index (χ0v) is 16.4. The number of carbonyl (C=O) groups is 2. The Hall–Kier alpha value is -1.34. The number of benzene rings is 1. The van der Waals surface area contributed by atoms with E-state index in [9.17, 15) is 9.59 Å². The lowest BCUT2D eigenvalue weighted by Gasteiger charge is -2.35. The van der Waals surface area contributed by atoms with Crippen LogP contribution in [0, 0.1) is 0 Å². The summed E-state index contributed by atoms with van der Waals surface area (Å²) >= 11 is 5.97. The maximum Gasteiger partial charge on any atom is 0.253 e. The molecule has 6 nitrogen and oxygen atoms in total. The van der Waals surface area contributed by atoms with Crippen molar-refractivity contribution in [1.29, 1.82) is 0 Å². The molecule has 0 saturated carbocycles. The molecule has 2 saturated heterocycles. The summed E-state index contributed by atoms with van der Waals surface area (Å²) < 4.78 is 0. The van der Waals surface area contributed by atoms with Crippen LogP contribution < -0.4 is 5.32 Å². The molecule has 1 aromatic carbocycles. The van der Waals surface area contributed by atoms with E-state index < -0.39 is 0 Å². The third kappa shape index (κ3) is 5.58. The van der Waals surface area contributed by atoms with Crippen LogP contribution in [0.1, 0.15) is 16.8 Å². The molecule has 0 radical (unpaired) electrons. The smallest absolute Gasteiger partial charge is 0.253 e. The van der Waals surface area contributed by atoms with Crippen LogP contribution in [0.3, 0.4) is 0 Å². The van der Waals surface area contributed by atoms with Crippen molar-refractivity contribution in [3.05, 3.63) is 34.9 Å². The number of amides is 2. The Kier molecular flexibility index (Phi) is 8.15. The normalized spacial score (nSPS) is 18.3. The minimum Gasteiger partial charge on any atom is -0.340 e. The van der Waals surface area contributed by atoms with Gasteiger partial charge in [0.2, 0.25) is 5.91 Å². The van der Waals surface area contributed by atoms with Gasteiger partial charge in [-0.15, -0.1) is 12.4 Å². The highest BCUT2D eigenvalue weighted by Gasteiger charge is 2.23. The number of nitrogens with one attached hydrogen (secondary N) is 1. The first-order valence-corrected chi connectivity index (χ1v) is 9.27. The van der Waals surface area contributed by atoms with Gasteiger partial charge in [0, 0.05) is 75.9 Å². The Balaban J connectivity index is 0.00000243. The van der Waals surface area contributed by atoms with Crippen LogP contribution in [0.25, 0.3) is 0 Å². The van der Waals surface area contributed by atoms with E-state index in [-0.39, 0.29) is 24.2 Å². The van der Waals surface area contributed by atoms with Crippen molar-refractivity contribution in [2.75, 3.05) is 58.9 Å². The number of hydrogen-bond donors (Lipinski definition) is 1. The Morgan fingerprint density at radius 3 is 2.35 bits per heavy atom. The summed E-state index contributed by atoms with van der Waals surface area (Å²) in [6.07, 6.45) is 0.558. The van der Waals surface area contributed by atoms with E-state index in [1.165, 1.54) is 0 Å². The zero-order valence-electron chi connectivity index (χ0n) is 14.8. The van der Waals surface area contributed by atoms with Crippen molar-refractivity contribution < 1.29 is 9.59 Å². The number of hydrogen-bond acceptors (Lipinski definition) is 4. The molecule has 0 aromatic heterocycles. The molecule has 2 amide bonds. The topological polar surface area (TPSA) is 55.9 Å². The third-order valence-corrected chi connectivity index (χ3v) is 5.08. The molecule has 3 rings (SSSR count). The van der Waals surface area contributed by atoms with Crippen molar-refractivity contribution in [2.24, 2.45) is 0 Å². The first-order valence-electron chi connectivity index (χ1n) is 8.89. The molecule has 2 aliphatic rings. The van der Waals surface area contributed by atoms with Crippen LogP contribution in [0.15, 0.2) is 24.3 Å². The molecular weight excluding hydrogens is 375 g/mol. The number of halogens is 2. The molecule has 2 aliphatic heterocycles. The van der Waals surface area contributed by atoms with Gasteiger partial charge in [0.05, 0.1) is 0 Å². The molecule has 144 valence electrons. The summed E-state index contributed by atoms with van der Waals surface area (Å²) in [5, 5.41) is 3.84. The summed E-state index contributed by atoms with van der Waals surface area (Å²) in [4.78, 5) is 30.8. The van der Waals surface area contributed by atoms with Gasteiger partial charge in [-0.05, 0) is 18.2 Å². The van der Waals surface area contributed by atoms with Gasteiger partial charge in [-0.2, -0.15) is 0 Å². The summed E-state index contributed by atoms with van der Waals surface area (Å²) in [6, 6.07) is 7.08. The first-order chi connectivity index (χ1) is 12.1. The van der Waals surface area contributed by atoms with Crippen LogP contribution in [-0.2, 0) is 4.79 Å². The van der Waals surface area contributed by atoms with E-state index in [0.29, 0.717) is 30.1 Å². The van der Waals surface area contributed by atoms with Gasteiger partial charge in [0.15, 0.2) is 0 Å². The van der Waals surface area contributed by atoms with Gasteiger partial charge in [-0.25, -0.2) is 0 Å². The Labute approximate surface area is 165 Å². The second kappa shape index (κ2) is 10.1. The molecule has 0 unspecified atom stereocenters. The molecule has 0 aliphatic carbocycles. The van der Waals surface area contributed by atoms with Crippen LogP contribution >= 0.6 is 24.0 Å². The average molecular weight is 401 g/mol. The van der Waals surface area contributed by atoms with Crippen molar-refractivity contribution >= 4 is 35.8 Å². The number of nitrogens with zero attached hydrogens (tertiary/aromatic N) is 3. The molecule has 0 bridgehead atoms. The van der Waals surface area contributed by atoms with E-state index >= 15 is 0 Å². The predicted octanol–water partition coefficient (Wildman–Crippen LogP) is 1.34. The van der Waals surface area contributed by atoms with Crippen LogP contribution in [0.2, 0.25) is 5.02 Å². The molecule has 0 spiro atoms. The number of piperazine rings is 2. The van der Waals surface area contributed by atoms with Gasteiger partial charge >= 0.3 is 0 Å². The lowest BCUT2D eigenvalue weighted by atomic mass is 10.2. The van der Waals surface area contributed by atoms with Crippen LogP contribution in [0.4, 0.5) is 0 Å². The molecule has 1 aromatic rings. The maximum atomic E-state index is 12.5. The molecule has 26 heavy (non-hydrogen) atoms. The largest absolute Gasteiger partial charge is 0.340 e. The van der Waals surface area contributed by atoms with Crippen molar-refractivity contribution in [3.63, 3.8) is 0 Å². The average Bonchev–Trinajstić information content (AvgIpc) is 2.66. The van der Waals surface area contributed by atoms with Gasteiger partial charge in [-0.1, -0.05) is 17.7 Å². The molecule has 8 heteroatoms. The highest BCUT2D eigenvalue weighted by molar-refractivity contribution is 6.30. The molecule has 1 N–H and O–H groups in total. The quantitative estimate of drug-likeness (QED) is 0.828. The fourth-order valence-corrected chi connectivity index (χ4v) is 3.50. The van der Waals surface area contributed by atoms with Gasteiger partial charge in [0.1, 0.15) is 0 Å². The van der Waals surface area contributed by atoms with E-state index in [0.717, 1.165) is 45.8 Å². The van der Waals surface area contributed by atoms with E-state index in [1.54, 1.807) is 24.3 Å². The van der Waals surface area contributed by atoms with E-state index in [4.69, 9.17) is 11.6 Å². The highest BCUT2D eigenvalue weighted by atomic mass is 35.5. The maximum absolute atomic E-state index is 12.5. The Morgan fingerprint density at radius 1 is 1.00 bits per heavy atom. The fourth-order valence-electron chi connectivity index (χ4n) is 3.30. The second-order valence-electron chi connectivity index (χ2n) is 6.52. The number of rotatable bonds is 4. The van der Waals surface area contributed by atoms with Gasteiger partial charge < -0.3 is 15.1 Å². The van der Waals surface area contributed by atoms with Crippen molar-refractivity contribution in [3.8, 4) is 0 Å². The molecular formula is C18H26Cl2N4O2. The van der Waals surface area contributed by atoms with Crippen molar-refractivity contribution in [1.82, 2.24) is 20.0 Å². The molecule has 2 fully saturated rings. The lowest BCUT2D eigenvalue weighted by Crippen LogP contribution is -2.50. The molecule has 0 atom stereocenters. The Morgan fingerprint density at radius 2 is 1.69 bits per heavy atom. The molecule has 2 heterocycles. The minimum absolute atomic E-state index is 0. The SMILES string of the molecule is Cl.O=C(CCN1CCN(C(=O)c2cccc(Cl)c2)CC1)N1CCNCC1. The standard InChI is InChI=1S/C18H25ClN4O2.ClH/c19-16-3-1-2-15(14-16)18(25)23-12-10-21(11-13-23)7-4-17(24)22-8-5-20-6-9-22;/h1-3,14,20H,4-13H2;1H. The predicted molar refractivity (Wildman–Crippen MR) is 105 cm³/mol. The second-order valence-corrected chi connectivity index (χ2v) is 6.96. The third-order valence-electron chi connectivity index (χ3n) is 4.84. The monoisotopic (exact) mass is 400 g/mol. The fraction of sp³-hybridized carbons (Fsp3) is 0.556. The van der Waals surface area contributed by atoms with Crippen molar-refractivity contribution in [2.45, 2.75) is 6.42 Å². The van der Waals surface area contributed by atoms with Crippen LogP contribution in [0.5, 0.6) is 0 Å². The summed E-state index contributed by atoms with van der Waals surface area (Å²) in [5.41, 5.74) is 0.634. The lowest BCUT2D eigenvalue weighted by molar-refractivity contribution is -0.132. The Bertz CT molecular complexity index is 615. The summed E-state index contributed by atoms with van der Waals surface area (Å²) in [6.45, 7) is 7.14. The van der Waals surface area contributed by atoms with Gasteiger partial charge in [-0.3, -0.25) is 14.5 Å².